The van der Waals surface area contributed by atoms with Crippen LogP contribution in [0.1, 0.15) is 82.6 Å². The van der Waals surface area contributed by atoms with Gasteiger partial charge in [-0.15, -0.1) is 0 Å². The molecule has 0 bridgehead atoms. The maximum Gasteiger partial charge on any atom is 0.305 e. The molecule has 0 heterocycles. The van der Waals surface area contributed by atoms with Gasteiger partial charge >= 0.3 is 5.97 Å². The standard InChI is InChI=1S/C27H54O5Si2/c1-16-17-19(2)23(32-34(14,15)26(7,8)9)20(3)24(30)27(10,11)21(18-22(28)29)31-33(12,13)25(4,5)6/h16-17,19-21,23H,18H2,1-15H3,(H,28,29)/t19?,20-,21+,23+/m1/s1. The second-order valence-corrected chi connectivity index (χ2v) is 23.1. The highest BCUT2D eigenvalue weighted by Gasteiger charge is 2.49. The fourth-order valence-electron chi connectivity index (χ4n) is 3.62. The largest absolute Gasteiger partial charge is 0.481 e. The van der Waals surface area contributed by atoms with Gasteiger partial charge in [0.2, 0.25) is 0 Å². The van der Waals surface area contributed by atoms with Gasteiger partial charge in [0.1, 0.15) is 5.78 Å². The molecule has 0 aliphatic heterocycles. The van der Waals surface area contributed by atoms with Crippen molar-refractivity contribution >= 4 is 28.4 Å². The average Bonchev–Trinajstić information content (AvgIpc) is 2.62. The summed E-state index contributed by atoms with van der Waals surface area (Å²) in [4.78, 5) is 25.9. The smallest absolute Gasteiger partial charge is 0.305 e. The van der Waals surface area contributed by atoms with E-state index < -0.39 is 40.0 Å². The van der Waals surface area contributed by atoms with Crippen LogP contribution in [0.3, 0.4) is 0 Å². The summed E-state index contributed by atoms with van der Waals surface area (Å²) in [5.74, 6) is -1.31. The van der Waals surface area contributed by atoms with Crippen molar-refractivity contribution in [3.8, 4) is 0 Å². The summed E-state index contributed by atoms with van der Waals surface area (Å²) in [6.07, 6.45) is 2.91. The molecule has 200 valence electrons. The van der Waals surface area contributed by atoms with E-state index in [2.05, 4.69) is 80.7 Å². The number of rotatable bonds is 12. The van der Waals surface area contributed by atoms with Gasteiger partial charge in [-0.2, -0.15) is 0 Å². The van der Waals surface area contributed by atoms with Gasteiger partial charge in [0.25, 0.3) is 0 Å². The van der Waals surface area contributed by atoms with Crippen molar-refractivity contribution in [2.75, 3.05) is 0 Å². The monoisotopic (exact) mass is 514 g/mol. The Bertz CT molecular complexity index is 726. The topological polar surface area (TPSA) is 72.8 Å². The molecule has 0 aromatic carbocycles. The van der Waals surface area contributed by atoms with E-state index in [1.54, 1.807) is 0 Å². The van der Waals surface area contributed by atoms with Gasteiger partial charge in [0.15, 0.2) is 16.6 Å². The molecular weight excluding hydrogens is 460 g/mol. The Balaban J connectivity index is 6.32. The summed E-state index contributed by atoms with van der Waals surface area (Å²) >= 11 is 0. The first kappa shape index (κ1) is 33.2. The minimum Gasteiger partial charge on any atom is -0.481 e. The van der Waals surface area contributed by atoms with Crippen molar-refractivity contribution < 1.29 is 23.5 Å². The van der Waals surface area contributed by atoms with Crippen LogP contribution in [0.2, 0.25) is 36.3 Å². The van der Waals surface area contributed by atoms with Gasteiger partial charge in [0.05, 0.1) is 18.6 Å². The number of carbonyl (C=O) groups is 2. The fraction of sp³-hybridized carbons (Fsp3) is 0.852. The molecule has 0 saturated heterocycles. The maximum absolute atomic E-state index is 14.1. The molecule has 0 aliphatic carbocycles. The summed E-state index contributed by atoms with van der Waals surface area (Å²) in [6.45, 7) is 31.3. The molecule has 0 radical (unpaired) electrons. The van der Waals surface area contributed by atoms with Crippen LogP contribution >= 0.6 is 0 Å². The number of allylic oxidation sites excluding steroid dienone is 1. The zero-order chi connectivity index (χ0) is 27.5. The molecule has 0 amide bonds. The zero-order valence-corrected chi connectivity index (χ0v) is 26.8. The van der Waals surface area contributed by atoms with E-state index >= 15 is 0 Å². The second kappa shape index (κ2) is 11.5. The molecule has 1 N–H and O–H groups in total. The quantitative estimate of drug-likeness (QED) is 0.213. The Morgan fingerprint density at radius 3 is 1.62 bits per heavy atom. The molecular formula is C27H54O5Si2. The second-order valence-electron chi connectivity index (χ2n) is 13.6. The van der Waals surface area contributed by atoms with Crippen molar-refractivity contribution in [3.63, 3.8) is 0 Å². The Morgan fingerprint density at radius 2 is 1.26 bits per heavy atom. The van der Waals surface area contributed by atoms with Crippen molar-refractivity contribution in [1.82, 2.24) is 0 Å². The lowest BCUT2D eigenvalue weighted by Gasteiger charge is -2.46. The number of aliphatic carboxylic acids is 1. The Kier molecular flexibility index (Phi) is 11.3. The van der Waals surface area contributed by atoms with Gasteiger partial charge in [-0.05, 0) is 49.1 Å². The van der Waals surface area contributed by atoms with E-state index in [4.69, 9.17) is 8.85 Å². The van der Waals surface area contributed by atoms with E-state index in [-0.39, 0.29) is 34.3 Å². The first-order valence-electron chi connectivity index (χ1n) is 12.7. The normalized spacial score (nSPS) is 18.0. The molecule has 0 rings (SSSR count). The number of Topliss-reactive ketones (excluding diaryl/α,β-unsaturated/α-hetero) is 1. The molecule has 0 saturated carbocycles. The highest BCUT2D eigenvalue weighted by molar-refractivity contribution is 6.74. The average molecular weight is 515 g/mol. The number of hydrogen-bond donors (Lipinski definition) is 1. The maximum atomic E-state index is 14.1. The predicted molar refractivity (Wildman–Crippen MR) is 148 cm³/mol. The molecule has 5 nitrogen and oxygen atoms in total. The van der Waals surface area contributed by atoms with Crippen LogP contribution in [0.4, 0.5) is 0 Å². The van der Waals surface area contributed by atoms with Crippen molar-refractivity contribution in [2.45, 2.75) is 131 Å². The van der Waals surface area contributed by atoms with E-state index in [9.17, 15) is 14.7 Å². The van der Waals surface area contributed by atoms with Gasteiger partial charge in [-0.3, -0.25) is 9.59 Å². The van der Waals surface area contributed by atoms with E-state index in [0.717, 1.165) is 0 Å². The van der Waals surface area contributed by atoms with E-state index in [1.165, 1.54) is 0 Å². The van der Waals surface area contributed by atoms with Crippen molar-refractivity contribution in [3.05, 3.63) is 12.2 Å². The summed E-state index contributed by atoms with van der Waals surface area (Å²) in [5.41, 5.74) is -0.974. The number of ketones is 1. The summed E-state index contributed by atoms with van der Waals surface area (Å²) in [5, 5.41) is 9.59. The summed E-state index contributed by atoms with van der Waals surface area (Å²) in [6, 6.07) is 0. The highest BCUT2D eigenvalue weighted by Crippen LogP contribution is 2.43. The minimum absolute atomic E-state index is 0.00229. The van der Waals surface area contributed by atoms with Crippen LogP contribution in [-0.2, 0) is 18.4 Å². The molecule has 1 unspecified atom stereocenters. The SMILES string of the molecule is CC=CC(C)[C@H](O[Si](C)(C)C(C)(C)C)[C@@H](C)C(=O)C(C)(C)[C@H](CC(=O)O)O[Si](C)(C)C(C)(C)C. The van der Waals surface area contributed by atoms with Crippen LogP contribution in [-0.4, -0.2) is 45.7 Å². The third-order valence-electron chi connectivity index (χ3n) is 8.20. The zero-order valence-electron chi connectivity index (χ0n) is 24.8. The molecule has 34 heavy (non-hydrogen) atoms. The molecule has 4 atom stereocenters. The molecule has 0 aromatic heterocycles. The van der Waals surface area contributed by atoms with Crippen LogP contribution in [0.25, 0.3) is 0 Å². The van der Waals surface area contributed by atoms with Gasteiger partial charge < -0.3 is 14.0 Å². The van der Waals surface area contributed by atoms with Crippen molar-refractivity contribution in [2.24, 2.45) is 17.3 Å². The Labute approximate surface area is 212 Å². The number of carboxylic acid groups (broad SMARTS) is 1. The minimum atomic E-state index is -2.30. The molecule has 0 aromatic rings. The number of carbonyl (C=O) groups excluding carboxylic acids is 1. The van der Waals surface area contributed by atoms with Gasteiger partial charge in [-0.1, -0.05) is 81.4 Å². The summed E-state index contributed by atoms with van der Waals surface area (Å²) < 4.78 is 13.4. The highest BCUT2D eigenvalue weighted by atomic mass is 28.4. The molecule has 0 fully saturated rings. The third kappa shape index (κ3) is 8.42. The number of hydrogen-bond acceptors (Lipinski definition) is 4. The lowest BCUT2D eigenvalue weighted by Crippen LogP contribution is -2.54. The molecule has 0 aliphatic rings. The van der Waals surface area contributed by atoms with Crippen LogP contribution in [0.15, 0.2) is 12.2 Å². The lowest BCUT2D eigenvalue weighted by molar-refractivity contribution is -0.146. The molecule has 0 spiro atoms. The third-order valence-corrected chi connectivity index (χ3v) is 17.2. The number of carboxylic acids is 1. The first-order valence-corrected chi connectivity index (χ1v) is 18.5. The predicted octanol–water partition coefficient (Wildman–Crippen LogP) is 7.69. The van der Waals surface area contributed by atoms with Crippen LogP contribution in [0.5, 0.6) is 0 Å². The summed E-state index contributed by atoms with van der Waals surface area (Å²) in [7, 11) is -4.45. The molecule has 7 heteroatoms. The fourth-order valence-corrected chi connectivity index (χ4v) is 6.52. The van der Waals surface area contributed by atoms with Gasteiger partial charge in [-0.25, -0.2) is 0 Å². The lowest BCUT2D eigenvalue weighted by atomic mass is 9.73. The first-order chi connectivity index (χ1) is 14.9. The van der Waals surface area contributed by atoms with Crippen LogP contribution < -0.4 is 0 Å². The van der Waals surface area contributed by atoms with E-state index in [1.807, 2.05) is 33.8 Å². The van der Waals surface area contributed by atoms with E-state index in [0.29, 0.717) is 0 Å². The Morgan fingerprint density at radius 1 is 0.853 bits per heavy atom. The van der Waals surface area contributed by atoms with Crippen LogP contribution in [0, 0.1) is 17.3 Å². The van der Waals surface area contributed by atoms with Gasteiger partial charge in [0, 0.05) is 11.3 Å². The van der Waals surface area contributed by atoms with Crippen molar-refractivity contribution in [1.29, 1.82) is 0 Å². The Hall–Kier alpha value is -0.766.